The summed E-state index contributed by atoms with van der Waals surface area (Å²) >= 11 is 0. The summed E-state index contributed by atoms with van der Waals surface area (Å²) in [6, 6.07) is 0.207. The van der Waals surface area contributed by atoms with E-state index in [1.165, 1.54) is 0 Å². The Labute approximate surface area is 108 Å². The summed E-state index contributed by atoms with van der Waals surface area (Å²) in [6.45, 7) is 8.22. The van der Waals surface area contributed by atoms with Crippen LogP contribution in [0.3, 0.4) is 0 Å². The Morgan fingerprint density at radius 1 is 1.44 bits per heavy atom. The molecule has 1 aromatic rings. The van der Waals surface area contributed by atoms with E-state index < -0.39 is 0 Å². The molecule has 0 saturated heterocycles. The molecule has 0 radical (unpaired) electrons. The zero-order valence-electron chi connectivity index (χ0n) is 11.7. The molecule has 1 heterocycles. The first-order valence-electron chi connectivity index (χ1n) is 6.14. The van der Waals surface area contributed by atoms with Gasteiger partial charge in [0.2, 0.25) is 0 Å². The second kappa shape index (κ2) is 5.71. The zero-order valence-corrected chi connectivity index (χ0v) is 11.7. The van der Waals surface area contributed by atoms with Crippen molar-refractivity contribution >= 4 is 12.1 Å². The lowest BCUT2D eigenvalue weighted by molar-refractivity contribution is 0.111. The molecular formula is C13H22N4O. The highest BCUT2D eigenvalue weighted by Gasteiger charge is 2.21. The molecule has 0 unspecified atom stereocenters. The molecule has 3 N–H and O–H groups in total. The minimum Gasteiger partial charge on any atom is -0.382 e. The van der Waals surface area contributed by atoms with Crippen LogP contribution in [-0.4, -0.2) is 23.7 Å². The molecule has 0 aromatic carbocycles. The Kier molecular flexibility index (Phi) is 4.53. The third-order valence-electron chi connectivity index (χ3n) is 2.88. The molecule has 5 nitrogen and oxygen atoms in total. The van der Waals surface area contributed by atoms with Gasteiger partial charge in [-0.05, 0) is 25.3 Å². The van der Waals surface area contributed by atoms with Crippen LogP contribution in [-0.2, 0) is 0 Å². The fourth-order valence-electron chi connectivity index (χ4n) is 2.00. The van der Waals surface area contributed by atoms with Crippen LogP contribution >= 0.6 is 0 Å². The SMILES string of the molecule is CN/N=C(/N)c1c(C(C)C)cn(C(C)C)c1C=O. The zero-order chi connectivity index (χ0) is 13.9. The van der Waals surface area contributed by atoms with E-state index in [4.69, 9.17) is 5.73 Å². The van der Waals surface area contributed by atoms with Crippen molar-refractivity contribution in [2.45, 2.75) is 39.7 Å². The van der Waals surface area contributed by atoms with E-state index in [9.17, 15) is 4.79 Å². The van der Waals surface area contributed by atoms with Crippen molar-refractivity contribution in [3.05, 3.63) is 23.0 Å². The van der Waals surface area contributed by atoms with E-state index in [0.29, 0.717) is 11.5 Å². The quantitative estimate of drug-likeness (QED) is 0.362. The highest BCUT2D eigenvalue weighted by atomic mass is 16.1. The molecule has 0 bridgehead atoms. The lowest BCUT2D eigenvalue weighted by Gasteiger charge is -2.09. The van der Waals surface area contributed by atoms with Gasteiger partial charge in [-0.3, -0.25) is 4.79 Å². The Balaban J connectivity index is 3.53. The van der Waals surface area contributed by atoms with Gasteiger partial charge in [0.25, 0.3) is 0 Å². The summed E-state index contributed by atoms with van der Waals surface area (Å²) in [5.74, 6) is 0.631. The number of carbonyl (C=O) groups is 1. The van der Waals surface area contributed by atoms with Crippen molar-refractivity contribution < 1.29 is 4.79 Å². The van der Waals surface area contributed by atoms with Gasteiger partial charge >= 0.3 is 0 Å². The minimum absolute atomic E-state index is 0.207. The second-order valence-electron chi connectivity index (χ2n) is 4.84. The number of hydrazone groups is 1. The highest BCUT2D eigenvalue weighted by Crippen LogP contribution is 2.26. The van der Waals surface area contributed by atoms with Crippen molar-refractivity contribution in [3.63, 3.8) is 0 Å². The maximum absolute atomic E-state index is 11.3. The topological polar surface area (TPSA) is 72.4 Å². The predicted molar refractivity (Wildman–Crippen MR) is 74.1 cm³/mol. The fourth-order valence-corrected chi connectivity index (χ4v) is 2.00. The average Bonchev–Trinajstić information content (AvgIpc) is 2.68. The van der Waals surface area contributed by atoms with Gasteiger partial charge < -0.3 is 15.7 Å². The van der Waals surface area contributed by atoms with Crippen LogP contribution in [0.1, 0.15) is 61.3 Å². The molecule has 18 heavy (non-hydrogen) atoms. The smallest absolute Gasteiger partial charge is 0.167 e. The molecule has 1 rings (SSSR count). The van der Waals surface area contributed by atoms with Crippen molar-refractivity contribution in [2.75, 3.05) is 7.05 Å². The van der Waals surface area contributed by atoms with Gasteiger partial charge in [0.15, 0.2) is 12.1 Å². The van der Waals surface area contributed by atoms with Crippen LogP contribution < -0.4 is 11.2 Å². The molecule has 0 aliphatic rings. The van der Waals surface area contributed by atoms with E-state index in [1.807, 2.05) is 24.6 Å². The summed E-state index contributed by atoms with van der Waals surface area (Å²) < 4.78 is 1.94. The number of rotatable bonds is 5. The first-order valence-corrected chi connectivity index (χ1v) is 6.14. The number of amidine groups is 1. The largest absolute Gasteiger partial charge is 0.382 e. The number of nitrogens with one attached hydrogen (secondary N) is 1. The van der Waals surface area contributed by atoms with Gasteiger partial charge in [-0.1, -0.05) is 13.8 Å². The number of nitrogens with two attached hydrogens (primary N) is 1. The van der Waals surface area contributed by atoms with E-state index in [1.54, 1.807) is 7.05 Å². The summed E-state index contributed by atoms with van der Waals surface area (Å²) in [5.41, 5.74) is 11.0. The van der Waals surface area contributed by atoms with E-state index >= 15 is 0 Å². The summed E-state index contributed by atoms with van der Waals surface area (Å²) in [5, 5.41) is 3.99. The van der Waals surface area contributed by atoms with Crippen LogP contribution in [0.2, 0.25) is 0 Å². The van der Waals surface area contributed by atoms with Gasteiger partial charge in [-0.25, -0.2) is 0 Å². The number of nitrogens with zero attached hydrogens (tertiary/aromatic N) is 2. The number of carbonyl (C=O) groups excluding carboxylic acids is 1. The van der Waals surface area contributed by atoms with E-state index in [2.05, 4.69) is 24.4 Å². The van der Waals surface area contributed by atoms with Gasteiger partial charge in [0.05, 0.1) is 11.3 Å². The number of aldehydes is 1. The Morgan fingerprint density at radius 3 is 2.44 bits per heavy atom. The summed E-state index contributed by atoms with van der Waals surface area (Å²) in [7, 11) is 1.68. The monoisotopic (exact) mass is 250 g/mol. The Bertz CT molecular complexity index is 458. The maximum Gasteiger partial charge on any atom is 0.167 e. The molecule has 1 aromatic heterocycles. The molecule has 0 aliphatic heterocycles. The normalized spacial score (nSPS) is 12.3. The number of hydrogen-bond acceptors (Lipinski definition) is 3. The lowest BCUT2D eigenvalue weighted by atomic mass is 10.00. The molecular weight excluding hydrogens is 228 g/mol. The highest BCUT2D eigenvalue weighted by molar-refractivity contribution is 6.04. The predicted octanol–water partition coefficient (Wildman–Crippen LogP) is 1.84. The standard InChI is InChI=1S/C13H22N4O/c1-8(2)10-6-17(9(3)4)11(7-18)12(10)13(14)16-15-5/h6-9,15H,1-5H3,(H2,14,16). The van der Waals surface area contributed by atoms with Crippen LogP contribution in [0.4, 0.5) is 0 Å². The molecule has 100 valence electrons. The van der Waals surface area contributed by atoms with Crippen LogP contribution in [0.15, 0.2) is 11.3 Å². The van der Waals surface area contributed by atoms with Gasteiger partial charge in [0, 0.05) is 19.3 Å². The summed E-state index contributed by atoms with van der Waals surface area (Å²) in [6.07, 6.45) is 2.84. The molecule has 0 atom stereocenters. The van der Waals surface area contributed by atoms with Gasteiger partial charge in [-0.15, -0.1) is 0 Å². The van der Waals surface area contributed by atoms with Crippen molar-refractivity contribution in [1.82, 2.24) is 9.99 Å². The first-order chi connectivity index (χ1) is 8.43. The van der Waals surface area contributed by atoms with E-state index in [-0.39, 0.29) is 12.0 Å². The second-order valence-corrected chi connectivity index (χ2v) is 4.84. The molecule has 5 heteroatoms. The Hall–Kier alpha value is -1.78. The molecule has 0 fully saturated rings. The minimum atomic E-state index is 0.207. The van der Waals surface area contributed by atoms with Gasteiger partial charge in [0.1, 0.15) is 0 Å². The number of hydrogen-bond donors (Lipinski definition) is 2. The van der Waals surface area contributed by atoms with Crippen LogP contribution in [0.5, 0.6) is 0 Å². The number of aromatic nitrogens is 1. The molecule has 0 spiro atoms. The van der Waals surface area contributed by atoms with Crippen molar-refractivity contribution in [2.24, 2.45) is 10.8 Å². The molecule has 0 saturated carbocycles. The average molecular weight is 250 g/mol. The van der Waals surface area contributed by atoms with Crippen LogP contribution in [0.25, 0.3) is 0 Å². The van der Waals surface area contributed by atoms with Crippen molar-refractivity contribution in [3.8, 4) is 0 Å². The fraction of sp³-hybridized carbons (Fsp3) is 0.538. The van der Waals surface area contributed by atoms with E-state index in [0.717, 1.165) is 17.4 Å². The first kappa shape index (κ1) is 14.3. The molecule has 0 aliphatic carbocycles. The van der Waals surface area contributed by atoms with Crippen molar-refractivity contribution in [1.29, 1.82) is 0 Å². The third kappa shape index (κ3) is 2.55. The summed E-state index contributed by atoms with van der Waals surface area (Å²) in [4.78, 5) is 11.3. The maximum atomic E-state index is 11.3. The third-order valence-corrected chi connectivity index (χ3v) is 2.88. The Morgan fingerprint density at radius 2 is 2.06 bits per heavy atom. The van der Waals surface area contributed by atoms with Crippen LogP contribution in [0, 0.1) is 0 Å². The van der Waals surface area contributed by atoms with Gasteiger partial charge in [-0.2, -0.15) is 5.10 Å². The lowest BCUT2D eigenvalue weighted by Crippen LogP contribution is -2.20. The molecule has 0 amide bonds.